The van der Waals surface area contributed by atoms with Crippen molar-refractivity contribution in [1.29, 1.82) is 5.26 Å². The Morgan fingerprint density at radius 2 is 1.88 bits per heavy atom. The number of amidine groups is 1. The fourth-order valence-corrected chi connectivity index (χ4v) is 6.38. The summed E-state index contributed by atoms with van der Waals surface area (Å²) in [5.41, 5.74) is 4.20. The average Bonchev–Trinajstić information content (AvgIpc) is 2.60. The molecular formula is C21H27N3S. The van der Waals surface area contributed by atoms with Crippen molar-refractivity contribution in [2.24, 2.45) is 22.7 Å². The smallest absolute Gasteiger partial charge is 0.183 e. The zero-order chi connectivity index (χ0) is 17.4. The summed E-state index contributed by atoms with van der Waals surface area (Å²) in [7, 11) is 0. The number of benzene rings is 1. The van der Waals surface area contributed by atoms with Crippen LogP contribution in [0.4, 0.5) is 5.69 Å². The molecule has 0 spiro atoms. The molecule has 0 atom stereocenters. The predicted octanol–water partition coefficient (Wildman–Crippen LogP) is 5.14. The average molecular weight is 354 g/mol. The zero-order valence-electron chi connectivity index (χ0n) is 15.2. The Morgan fingerprint density at radius 1 is 1.24 bits per heavy atom. The summed E-state index contributed by atoms with van der Waals surface area (Å²) in [6.45, 7) is 2.18. The lowest BCUT2D eigenvalue weighted by Gasteiger charge is -2.57. The van der Waals surface area contributed by atoms with Crippen molar-refractivity contribution in [3.8, 4) is 6.19 Å². The van der Waals surface area contributed by atoms with Crippen LogP contribution in [0.1, 0.15) is 56.6 Å². The van der Waals surface area contributed by atoms with E-state index in [1.54, 1.807) is 0 Å². The second-order valence-corrected chi connectivity index (χ2v) is 9.05. The minimum Gasteiger partial charge on any atom is -0.271 e. The van der Waals surface area contributed by atoms with Gasteiger partial charge in [-0.3, -0.25) is 5.32 Å². The number of aliphatic imine (C=N–C) groups is 1. The van der Waals surface area contributed by atoms with E-state index in [-0.39, 0.29) is 0 Å². The Morgan fingerprint density at radius 3 is 2.40 bits per heavy atom. The molecule has 0 aliphatic heterocycles. The van der Waals surface area contributed by atoms with Crippen molar-refractivity contribution >= 4 is 22.6 Å². The summed E-state index contributed by atoms with van der Waals surface area (Å²) >= 11 is 1.49. The molecule has 1 aromatic carbocycles. The molecule has 4 aliphatic carbocycles. The lowest BCUT2D eigenvalue weighted by atomic mass is 9.48. The molecule has 4 bridgehead atoms. The fourth-order valence-electron chi connectivity index (χ4n) is 6.04. The van der Waals surface area contributed by atoms with Crippen LogP contribution in [0, 0.1) is 29.2 Å². The van der Waals surface area contributed by atoms with Crippen molar-refractivity contribution in [3.63, 3.8) is 0 Å². The number of nitrogens with one attached hydrogen (secondary N) is 1. The van der Waals surface area contributed by atoms with E-state index in [1.165, 1.54) is 61.4 Å². The first-order valence-electron chi connectivity index (χ1n) is 9.57. The maximum atomic E-state index is 8.93. The zero-order valence-corrected chi connectivity index (χ0v) is 16.0. The molecular weight excluding hydrogens is 326 g/mol. The summed E-state index contributed by atoms with van der Waals surface area (Å²) in [6.07, 6.45) is 13.5. The quantitative estimate of drug-likeness (QED) is 0.354. The third kappa shape index (κ3) is 3.08. The van der Waals surface area contributed by atoms with Crippen LogP contribution in [0.5, 0.6) is 0 Å². The summed E-state index contributed by atoms with van der Waals surface area (Å²) in [6, 6.07) is 6.99. The minimum absolute atomic E-state index is 0.396. The normalized spacial score (nSPS) is 33.3. The van der Waals surface area contributed by atoms with E-state index >= 15 is 0 Å². The lowest BCUT2D eigenvalue weighted by molar-refractivity contribution is -0.00517. The minimum atomic E-state index is 0.396. The number of nitriles is 1. The van der Waals surface area contributed by atoms with E-state index in [0.717, 1.165) is 29.9 Å². The Hall–Kier alpha value is -1.47. The lowest BCUT2D eigenvalue weighted by Crippen LogP contribution is -2.48. The molecule has 5 rings (SSSR count). The van der Waals surface area contributed by atoms with Gasteiger partial charge in [-0.15, -0.1) is 0 Å². The van der Waals surface area contributed by atoms with Crippen molar-refractivity contribution in [2.45, 2.75) is 57.3 Å². The number of hydrogen-bond acceptors (Lipinski definition) is 3. The predicted molar refractivity (Wildman–Crippen MR) is 105 cm³/mol. The van der Waals surface area contributed by atoms with Crippen molar-refractivity contribution in [3.05, 3.63) is 29.3 Å². The highest BCUT2D eigenvalue weighted by Gasteiger charge is 2.51. The molecule has 4 aliphatic rings. The van der Waals surface area contributed by atoms with Gasteiger partial charge in [0.25, 0.3) is 0 Å². The molecule has 25 heavy (non-hydrogen) atoms. The fraction of sp³-hybridized carbons (Fsp3) is 0.619. The van der Waals surface area contributed by atoms with Crippen LogP contribution < -0.4 is 5.32 Å². The molecule has 0 radical (unpaired) electrons. The highest BCUT2D eigenvalue weighted by molar-refractivity contribution is 8.13. The van der Waals surface area contributed by atoms with Crippen LogP contribution >= 0.6 is 11.8 Å². The van der Waals surface area contributed by atoms with Crippen LogP contribution in [0.3, 0.4) is 0 Å². The van der Waals surface area contributed by atoms with E-state index in [4.69, 9.17) is 10.3 Å². The molecule has 0 saturated heterocycles. The number of aryl methyl sites for hydroxylation is 1. The topological polar surface area (TPSA) is 48.2 Å². The maximum Gasteiger partial charge on any atom is 0.183 e. The second kappa shape index (κ2) is 6.68. The molecule has 0 amide bonds. The van der Waals surface area contributed by atoms with E-state index < -0.39 is 0 Å². The van der Waals surface area contributed by atoms with E-state index in [2.05, 4.69) is 30.4 Å². The van der Waals surface area contributed by atoms with Gasteiger partial charge in [-0.25, -0.2) is 4.99 Å². The summed E-state index contributed by atoms with van der Waals surface area (Å²) in [5, 5.41) is 12.3. The van der Waals surface area contributed by atoms with Gasteiger partial charge in [0.2, 0.25) is 0 Å². The van der Waals surface area contributed by atoms with Gasteiger partial charge in [0.15, 0.2) is 11.4 Å². The molecule has 132 valence electrons. The van der Waals surface area contributed by atoms with E-state index in [0.29, 0.717) is 10.6 Å². The molecule has 0 aromatic heterocycles. The molecule has 1 N–H and O–H groups in total. The van der Waals surface area contributed by atoms with Gasteiger partial charge < -0.3 is 0 Å². The van der Waals surface area contributed by atoms with Crippen LogP contribution in [0.2, 0.25) is 0 Å². The van der Waals surface area contributed by atoms with Crippen molar-refractivity contribution < 1.29 is 0 Å². The molecule has 4 heteroatoms. The van der Waals surface area contributed by atoms with Gasteiger partial charge in [0.05, 0.1) is 5.69 Å². The standard InChI is InChI=1S/C21H27N3S/c1-3-17-4-5-18(9-19(17)24-20(25-2)23-13-22)21-10-14-6-15(11-21)8-16(7-14)12-21/h4-5,9,14-16H,3,6-8,10-12H2,1-2H3,(H,23,24). The number of rotatable bonds is 3. The van der Waals surface area contributed by atoms with Gasteiger partial charge in [-0.1, -0.05) is 30.8 Å². The van der Waals surface area contributed by atoms with Crippen LogP contribution in [-0.4, -0.2) is 11.4 Å². The summed E-state index contributed by atoms with van der Waals surface area (Å²) < 4.78 is 0. The molecule has 0 heterocycles. The van der Waals surface area contributed by atoms with Gasteiger partial charge in [-0.2, -0.15) is 5.26 Å². The summed E-state index contributed by atoms with van der Waals surface area (Å²) in [5.74, 6) is 2.85. The Kier molecular flexibility index (Phi) is 4.54. The first kappa shape index (κ1) is 17.0. The largest absolute Gasteiger partial charge is 0.271 e. The molecule has 4 saturated carbocycles. The third-order valence-corrected chi connectivity index (χ3v) is 7.28. The SMILES string of the molecule is CCc1ccc(C23CC4CC(CC(C4)C2)C3)cc1N=C(NC#N)SC. The van der Waals surface area contributed by atoms with Gasteiger partial charge in [-0.05, 0) is 91.6 Å². The first-order chi connectivity index (χ1) is 12.2. The third-order valence-electron chi connectivity index (χ3n) is 6.69. The number of nitrogens with zero attached hydrogens (tertiary/aromatic N) is 2. The van der Waals surface area contributed by atoms with Gasteiger partial charge >= 0.3 is 0 Å². The Balaban J connectivity index is 1.72. The Bertz CT molecular complexity index is 696. The van der Waals surface area contributed by atoms with Crippen molar-refractivity contribution in [2.75, 3.05) is 6.26 Å². The Labute approximate surface area is 155 Å². The van der Waals surface area contributed by atoms with E-state index in [9.17, 15) is 0 Å². The monoisotopic (exact) mass is 353 g/mol. The van der Waals surface area contributed by atoms with Gasteiger partial charge in [0, 0.05) is 0 Å². The highest BCUT2D eigenvalue weighted by atomic mass is 32.2. The van der Waals surface area contributed by atoms with Gasteiger partial charge in [0.1, 0.15) is 0 Å². The number of hydrogen-bond donors (Lipinski definition) is 1. The maximum absolute atomic E-state index is 8.93. The number of thioether (sulfide) groups is 1. The van der Waals surface area contributed by atoms with Crippen LogP contribution in [0.25, 0.3) is 0 Å². The summed E-state index contributed by atoms with van der Waals surface area (Å²) in [4.78, 5) is 4.77. The molecule has 1 aromatic rings. The van der Waals surface area contributed by atoms with Crippen LogP contribution in [-0.2, 0) is 11.8 Å². The second-order valence-electron chi connectivity index (χ2n) is 8.25. The van der Waals surface area contributed by atoms with Crippen LogP contribution in [0.15, 0.2) is 23.2 Å². The van der Waals surface area contributed by atoms with E-state index in [1.807, 2.05) is 12.4 Å². The van der Waals surface area contributed by atoms with Crippen molar-refractivity contribution in [1.82, 2.24) is 5.32 Å². The highest BCUT2D eigenvalue weighted by Crippen LogP contribution is 2.61. The molecule has 0 unspecified atom stereocenters. The first-order valence-corrected chi connectivity index (χ1v) is 10.8. The molecule has 3 nitrogen and oxygen atoms in total. The molecule has 4 fully saturated rings.